The number of fused-ring (bicyclic) bond motifs is 1. The van der Waals surface area contributed by atoms with Crippen molar-refractivity contribution in [3.63, 3.8) is 0 Å². The van der Waals surface area contributed by atoms with Gasteiger partial charge in [-0.05, 0) is 30.5 Å². The van der Waals surface area contributed by atoms with E-state index in [1.807, 2.05) is 31.2 Å². The third-order valence-corrected chi connectivity index (χ3v) is 5.60. The summed E-state index contributed by atoms with van der Waals surface area (Å²) in [7, 11) is 3.28. The van der Waals surface area contributed by atoms with Crippen LogP contribution in [0.15, 0.2) is 30.6 Å². The molecule has 0 radical (unpaired) electrons. The Morgan fingerprint density at radius 3 is 2.79 bits per heavy atom. The number of benzene rings is 1. The van der Waals surface area contributed by atoms with Gasteiger partial charge in [-0.1, -0.05) is 18.2 Å². The van der Waals surface area contributed by atoms with Crippen molar-refractivity contribution in [2.45, 2.75) is 13.3 Å². The lowest BCUT2D eigenvalue weighted by atomic mass is 10.1. The summed E-state index contributed by atoms with van der Waals surface area (Å²) >= 11 is 1.38. The number of rotatable bonds is 9. The van der Waals surface area contributed by atoms with Crippen molar-refractivity contribution >= 4 is 33.3 Å². The molecule has 0 aliphatic heterocycles. The fourth-order valence-corrected chi connectivity index (χ4v) is 4.06. The Bertz CT molecular complexity index is 958. The number of methoxy groups -OCH3 is 2. The summed E-state index contributed by atoms with van der Waals surface area (Å²) in [5, 5.41) is 7.14. The largest absolute Gasteiger partial charge is 0.496 e. The number of anilines is 1. The van der Waals surface area contributed by atoms with Crippen LogP contribution in [-0.4, -0.2) is 49.8 Å². The SMILES string of the molecule is COCCNC(=O)c1sc2ncnc(NCCc3ccccc3OC)c2c1C. The Morgan fingerprint density at radius 2 is 2.00 bits per heavy atom. The van der Waals surface area contributed by atoms with Gasteiger partial charge in [-0.2, -0.15) is 0 Å². The quantitative estimate of drug-likeness (QED) is 0.537. The molecule has 28 heavy (non-hydrogen) atoms. The zero-order valence-electron chi connectivity index (χ0n) is 16.2. The summed E-state index contributed by atoms with van der Waals surface area (Å²) in [6.45, 7) is 3.57. The van der Waals surface area contributed by atoms with Crippen LogP contribution in [0.4, 0.5) is 5.82 Å². The first-order valence-electron chi connectivity index (χ1n) is 9.02. The maximum Gasteiger partial charge on any atom is 0.261 e. The highest BCUT2D eigenvalue weighted by molar-refractivity contribution is 7.20. The summed E-state index contributed by atoms with van der Waals surface area (Å²) in [4.78, 5) is 22.6. The van der Waals surface area contributed by atoms with Crippen LogP contribution in [0.25, 0.3) is 10.2 Å². The smallest absolute Gasteiger partial charge is 0.261 e. The van der Waals surface area contributed by atoms with E-state index in [1.54, 1.807) is 14.2 Å². The van der Waals surface area contributed by atoms with E-state index < -0.39 is 0 Å². The van der Waals surface area contributed by atoms with Gasteiger partial charge in [0.25, 0.3) is 5.91 Å². The van der Waals surface area contributed by atoms with Gasteiger partial charge in [0.1, 0.15) is 22.7 Å². The van der Waals surface area contributed by atoms with Gasteiger partial charge in [0.05, 0.1) is 24.0 Å². The number of para-hydroxylation sites is 1. The van der Waals surface area contributed by atoms with Gasteiger partial charge in [-0.15, -0.1) is 11.3 Å². The second-order valence-corrected chi connectivity index (χ2v) is 7.20. The number of aryl methyl sites for hydroxylation is 1. The van der Waals surface area contributed by atoms with Crippen LogP contribution in [0.1, 0.15) is 20.8 Å². The fraction of sp³-hybridized carbons (Fsp3) is 0.350. The maximum absolute atomic E-state index is 12.5. The number of amides is 1. The number of aromatic nitrogens is 2. The number of ether oxygens (including phenoxy) is 2. The van der Waals surface area contributed by atoms with E-state index in [-0.39, 0.29) is 5.91 Å². The Morgan fingerprint density at radius 1 is 1.18 bits per heavy atom. The van der Waals surface area contributed by atoms with Crippen molar-refractivity contribution in [1.29, 1.82) is 0 Å². The first-order chi connectivity index (χ1) is 13.7. The lowest BCUT2D eigenvalue weighted by Crippen LogP contribution is -2.26. The van der Waals surface area contributed by atoms with Crippen molar-refractivity contribution in [2.24, 2.45) is 0 Å². The average Bonchev–Trinajstić information content (AvgIpc) is 3.06. The molecule has 148 valence electrons. The molecule has 1 aromatic carbocycles. The molecule has 2 N–H and O–H groups in total. The monoisotopic (exact) mass is 400 g/mol. The Balaban J connectivity index is 1.75. The minimum Gasteiger partial charge on any atom is -0.496 e. The van der Waals surface area contributed by atoms with E-state index in [0.717, 1.165) is 39.3 Å². The topological polar surface area (TPSA) is 85.4 Å². The van der Waals surface area contributed by atoms with Crippen LogP contribution in [0.2, 0.25) is 0 Å². The van der Waals surface area contributed by atoms with Crippen LogP contribution in [-0.2, 0) is 11.2 Å². The molecule has 2 heterocycles. The molecule has 0 saturated heterocycles. The average molecular weight is 401 g/mol. The molecular weight excluding hydrogens is 376 g/mol. The van der Waals surface area contributed by atoms with Gasteiger partial charge in [0.15, 0.2) is 0 Å². The Labute approximate surface area is 168 Å². The van der Waals surface area contributed by atoms with Crippen LogP contribution in [0.3, 0.4) is 0 Å². The summed E-state index contributed by atoms with van der Waals surface area (Å²) in [6.07, 6.45) is 2.32. The lowest BCUT2D eigenvalue weighted by Gasteiger charge is -2.10. The molecule has 1 amide bonds. The molecule has 3 rings (SSSR count). The first-order valence-corrected chi connectivity index (χ1v) is 9.84. The molecule has 2 aromatic heterocycles. The summed E-state index contributed by atoms with van der Waals surface area (Å²) in [5.74, 6) is 1.50. The Hall–Kier alpha value is -2.71. The van der Waals surface area contributed by atoms with E-state index in [9.17, 15) is 4.79 Å². The number of nitrogens with one attached hydrogen (secondary N) is 2. The number of carbonyl (C=O) groups excluding carboxylic acids is 1. The van der Waals surface area contributed by atoms with Crippen molar-refractivity contribution < 1.29 is 14.3 Å². The van der Waals surface area contributed by atoms with Crippen molar-refractivity contribution in [3.05, 3.63) is 46.6 Å². The molecule has 3 aromatic rings. The van der Waals surface area contributed by atoms with Gasteiger partial charge < -0.3 is 20.1 Å². The van der Waals surface area contributed by atoms with Gasteiger partial charge in [-0.25, -0.2) is 9.97 Å². The highest BCUT2D eigenvalue weighted by atomic mass is 32.1. The van der Waals surface area contributed by atoms with Crippen LogP contribution >= 0.6 is 11.3 Å². The van der Waals surface area contributed by atoms with Crippen molar-refractivity contribution in [3.8, 4) is 5.75 Å². The molecule has 7 nitrogen and oxygen atoms in total. The number of thiophene rings is 1. The normalized spacial score (nSPS) is 10.8. The molecular formula is C20H24N4O3S. The van der Waals surface area contributed by atoms with E-state index in [0.29, 0.717) is 24.6 Å². The molecule has 8 heteroatoms. The highest BCUT2D eigenvalue weighted by Crippen LogP contribution is 2.33. The minimum atomic E-state index is -0.113. The maximum atomic E-state index is 12.5. The third kappa shape index (κ3) is 4.40. The van der Waals surface area contributed by atoms with Gasteiger partial charge in [0.2, 0.25) is 0 Å². The molecule has 0 saturated carbocycles. The summed E-state index contributed by atoms with van der Waals surface area (Å²) in [5.41, 5.74) is 2.01. The van der Waals surface area contributed by atoms with Gasteiger partial charge in [0, 0.05) is 20.2 Å². The van der Waals surface area contributed by atoms with Crippen molar-refractivity contribution in [2.75, 3.05) is 39.2 Å². The molecule has 0 aliphatic carbocycles. The Kier molecular flexibility index (Phi) is 6.78. The van der Waals surface area contributed by atoms with E-state index in [4.69, 9.17) is 9.47 Å². The first kappa shape index (κ1) is 20.0. The zero-order valence-corrected chi connectivity index (χ0v) is 17.1. The highest BCUT2D eigenvalue weighted by Gasteiger charge is 2.19. The van der Waals surface area contributed by atoms with Crippen molar-refractivity contribution in [1.82, 2.24) is 15.3 Å². The number of hydrogen-bond acceptors (Lipinski definition) is 7. The molecule has 0 fully saturated rings. The van der Waals surface area contributed by atoms with E-state index in [1.165, 1.54) is 17.7 Å². The standard InChI is InChI=1S/C20H24N4O3S/c1-13-16-18(21-9-8-14-6-4-5-7-15(14)27-3)23-12-24-20(16)28-17(13)19(25)22-10-11-26-2/h4-7,12H,8-11H2,1-3H3,(H,22,25)(H,21,23,24). The summed E-state index contributed by atoms with van der Waals surface area (Å²) in [6, 6.07) is 7.96. The molecule has 0 spiro atoms. The fourth-order valence-electron chi connectivity index (χ4n) is 2.99. The van der Waals surface area contributed by atoms with E-state index in [2.05, 4.69) is 20.6 Å². The third-order valence-electron chi connectivity index (χ3n) is 4.40. The molecule has 0 atom stereocenters. The second-order valence-electron chi connectivity index (χ2n) is 6.20. The number of nitrogens with zero attached hydrogens (tertiary/aromatic N) is 2. The van der Waals surface area contributed by atoms with Crippen LogP contribution in [0.5, 0.6) is 5.75 Å². The molecule has 0 bridgehead atoms. The number of hydrogen-bond donors (Lipinski definition) is 2. The molecule has 0 aliphatic rings. The van der Waals surface area contributed by atoms with Crippen LogP contribution < -0.4 is 15.4 Å². The zero-order chi connectivity index (χ0) is 19.9. The summed E-state index contributed by atoms with van der Waals surface area (Å²) < 4.78 is 10.4. The molecule has 0 unspecified atom stereocenters. The number of carbonyl (C=O) groups is 1. The van der Waals surface area contributed by atoms with Gasteiger partial charge in [-0.3, -0.25) is 4.79 Å². The minimum absolute atomic E-state index is 0.113. The predicted octanol–water partition coefficient (Wildman–Crippen LogP) is 3.04. The van der Waals surface area contributed by atoms with Crippen LogP contribution in [0, 0.1) is 6.92 Å². The van der Waals surface area contributed by atoms with E-state index >= 15 is 0 Å². The van der Waals surface area contributed by atoms with Gasteiger partial charge >= 0.3 is 0 Å². The predicted molar refractivity (Wildman–Crippen MR) is 112 cm³/mol. The second kappa shape index (κ2) is 9.48. The lowest BCUT2D eigenvalue weighted by molar-refractivity contribution is 0.0940.